The second-order valence-corrected chi connectivity index (χ2v) is 3.73. The molecule has 0 saturated carbocycles. The summed E-state index contributed by atoms with van der Waals surface area (Å²) in [6, 6.07) is 0. The maximum Gasteiger partial charge on any atom is 0.0558 e. The highest BCUT2D eigenvalue weighted by molar-refractivity contribution is 4.72. The molecule has 3 heteroatoms. The number of ether oxygens (including phenoxy) is 1. The van der Waals surface area contributed by atoms with Crippen LogP contribution in [-0.2, 0) is 4.74 Å². The van der Waals surface area contributed by atoms with Gasteiger partial charge in [0.25, 0.3) is 0 Å². The molecule has 72 valence electrons. The molecule has 1 heterocycles. The summed E-state index contributed by atoms with van der Waals surface area (Å²) in [6.45, 7) is 5.07. The molecule has 2 unspecified atom stereocenters. The third-order valence-corrected chi connectivity index (χ3v) is 2.33. The number of aliphatic hydroxyl groups excluding tert-OH is 1. The summed E-state index contributed by atoms with van der Waals surface area (Å²) in [7, 11) is 2.04. The molecule has 0 aromatic rings. The van der Waals surface area contributed by atoms with Crippen molar-refractivity contribution in [3.63, 3.8) is 0 Å². The predicted octanol–water partition coefficient (Wildman–Crippen LogP) is 0.336. The first-order valence-electron chi connectivity index (χ1n) is 4.63. The van der Waals surface area contributed by atoms with Crippen molar-refractivity contribution in [3.8, 4) is 0 Å². The van der Waals surface area contributed by atoms with Crippen LogP contribution in [-0.4, -0.2) is 49.5 Å². The highest BCUT2D eigenvalue weighted by Gasteiger charge is 2.22. The molecular weight excluding hydrogens is 154 g/mol. The molecule has 2 atom stereocenters. The number of hydrogen-bond donors (Lipinski definition) is 1. The van der Waals surface area contributed by atoms with Gasteiger partial charge in [0.2, 0.25) is 0 Å². The average Bonchev–Trinajstić information content (AvgIpc) is 2.36. The Kier molecular flexibility index (Phi) is 3.98. The van der Waals surface area contributed by atoms with Gasteiger partial charge in [0.05, 0.1) is 19.3 Å². The Morgan fingerprint density at radius 1 is 1.58 bits per heavy atom. The van der Waals surface area contributed by atoms with Crippen molar-refractivity contribution < 1.29 is 9.84 Å². The zero-order valence-electron chi connectivity index (χ0n) is 7.99. The lowest BCUT2D eigenvalue weighted by molar-refractivity contribution is 0.115. The smallest absolute Gasteiger partial charge is 0.0558 e. The Morgan fingerprint density at radius 2 is 2.33 bits per heavy atom. The Labute approximate surface area is 74.3 Å². The quantitative estimate of drug-likeness (QED) is 0.665. The Morgan fingerprint density at radius 3 is 2.83 bits per heavy atom. The fourth-order valence-corrected chi connectivity index (χ4v) is 1.74. The molecule has 0 amide bonds. The van der Waals surface area contributed by atoms with Crippen molar-refractivity contribution in [1.82, 2.24) is 4.90 Å². The summed E-state index contributed by atoms with van der Waals surface area (Å²) in [4.78, 5) is 2.16. The van der Waals surface area contributed by atoms with Crippen LogP contribution in [0.15, 0.2) is 0 Å². The predicted molar refractivity (Wildman–Crippen MR) is 48.1 cm³/mol. The van der Waals surface area contributed by atoms with E-state index in [4.69, 9.17) is 9.84 Å². The third-order valence-electron chi connectivity index (χ3n) is 2.33. The van der Waals surface area contributed by atoms with E-state index in [9.17, 15) is 0 Å². The van der Waals surface area contributed by atoms with E-state index in [0.717, 1.165) is 26.1 Å². The van der Waals surface area contributed by atoms with E-state index in [0.29, 0.717) is 12.0 Å². The highest BCUT2D eigenvalue weighted by atomic mass is 16.5. The zero-order chi connectivity index (χ0) is 8.97. The van der Waals surface area contributed by atoms with Gasteiger partial charge in [-0.3, -0.25) is 0 Å². The molecule has 1 rings (SSSR count). The van der Waals surface area contributed by atoms with E-state index >= 15 is 0 Å². The van der Waals surface area contributed by atoms with Gasteiger partial charge in [0, 0.05) is 13.1 Å². The maximum absolute atomic E-state index is 8.69. The van der Waals surface area contributed by atoms with Crippen LogP contribution in [0.2, 0.25) is 0 Å². The third kappa shape index (κ3) is 3.09. The van der Waals surface area contributed by atoms with Gasteiger partial charge in [-0.2, -0.15) is 0 Å². The van der Waals surface area contributed by atoms with Crippen molar-refractivity contribution >= 4 is 0 Å². The minimum Gasteiger partial charge on any atom is -0.395 e. The van der Waals surface area contributed by atoms with E-state index in [-0.39, 0.29) is 6.61 Å². The standard InChI is InChI=1S/C9H19NO2/c1-8-5-9(7-12-8)6-10(2)3-4-11/h8-9,11H,3-7H2,1-2H3. The summed E-state index contributed by atoms with van der Waals surface area (Å²) in [5.41, 5.74) is 0. The lowest BCUT2D eigenvalue weighted by atomic mass is 10.1. The largest absolute Gasteiger partial charge is 0.395 e. The van der Waals surface area contributed by atoms with Crippen LogP contribution in [0.1, 0.15) is 13.3 Å². The summed E-state index contributed by atoms with van der Waals surface area (Å²) < 4.78 is 5.46. The molecule has 0 aromatic heterocycles. The van der Waals surface area contributed by atoms with Crippen LogP contribution < -0.4 is 0 Å². The van der Waals surface area contributed by atoms with Crippen LogP contribution in [0.5, 0.6) is 0 Å². The normalized spacial score (nSPS) is 30.0. The number of rotatable bonds is 4. The molecule has 3 nitrogen and oxygen atoms in total. The van der Waals surface area contributed by atoms with Gasteiger partial charge in [-0.05, 0) is 26.3 Å². The molecule has 0 spiro atoms. The second kappa shape index (κ2) is 4.80. The maximum atomic E-state index is 8.69. The van der Waals surface area contributed by atoms with Gasteiger partial charge in [-0.25, -0.2) is 0 Å². The van der Waals surface area contributed by atoms with Gasteiger partial charge in [-0.1, -0.05) is 0 Å². The van der Waals surface area contributed by atoms with Gasteiger partial charge in [-0.15, -0.1) is 0 Å². The van der Waals surface area contributed by atoms with E-state index in [1.54, 1.807) is 0 Å². The van der Waals surface area contributed by atoms with Gasteiger partial charge < -0.3 is 14.7 Å². The molecule has 12 heavy (non-hydrogen) atoms. The Hall–Kier alpha value is -0.120. The molecule has 1 saturated heterocycles. The van der Waals surface area contributed by atoms with E-state index in [2.05, 4.69) is 11.8 Å². The first-order valence-corrected chi connectivity index (χ1v) is 4.63. The van der Waals surface area contributed by atoms with Crippen LogP contribution in [0.3, 0.4) is 0 Å². The molecule has 1 aliphatic rings. The molecule has 0 radical (unpaired) electrons. The fraction of sp³-hybridized carbons (Fsp3) is 1.00. The van der Waals surface area contributed by atoms with Gasteiger partial charge in [0.15, 0.2) is 0 Å². The summed E-state index contributed by atoms with van der Waals surface area (Å²) >= 11 is 0. The number of hydrogen-bond acceptors (Lipinski definition) is 3. The van der Waals surface area contributed by atoms with Gasteiger partial charge in [0.1, 0.15) is 0 Å². The first kappa shape index (κ1) is 9.96. The Bertz CT molecular complexity index is 130. The average molecular weight is 173 g/mol. The SMILES string of the molecule is CC1CC(CN(C)CCO)CO1. The zero-order valence-corrected chi connectivity index (χ0v) is 7.99. The molecule has 1 fully saturated rings. The molecular formula is C9H19NO2. The summed E-state index contributed by atoms with van der Waals surface area (Å²) in [6.07, 6.45) is 1.59. The molecule has 0 bridgehead atoms. The van der Waals surface area contributed by atoms with Crippen molar-refractivity contribution in [3.05, 3.63) is 0 Å². The summed E-state index contributed by atoms with van der Waals surface area (Å²) in [5.74, 6) is 0.663. The summed E-state index contributed by atoms with van der Waals surface area (Å²) in [5, 5.41) is 8.69. The van der Waals surface area contributed by atoms with Crippen LogP contribution in [0.4, 0.5) is 0 Å². The number of likely N-dealkylation sites (N-methyl/N-ethyl adjacent to an activating group) is 1. The van der Waals surface area contributed by atoms with Crippen LogP contribution in [0, 0.1) is 5.92 Å². The monoisotopic (exact) mass is 173 g/mol. The molecule has 0 aliphatic carbocycles. The fourth-order valence-electron chi connectivity index (χ4n) is 1.74. The lowest BCUT2D eigenvalue weighted by Crippen LogP contribution is -2.28. The van der Waals surface area contributed by atoms with Crippen LogP contribution in [0.25, 0.3) is 0 Å². The topological polar surface area (TPSA) is 32.7 Å². The Balaban J connectivity index is 2.14. The molecule has 0 aromatic carbocycles. The van der Waals surface area contributed by atoms with E-state index in [1.165, 1.54) is 0 Å². The minimum absolute atomic E-state index is 0.250. The lowest BCUT2D eigenvalue weighted by Gasteiger charge is -2.18. The van der Waals surface area contributed by atoms with E-state index in [1.807, 2.05) is 7.05 Å². The number of nitrogens with zero attached hydrogens (tertiary/aromatic N) is 1. The second-order valence-electron chi connectivity index (χ2n) is 3.73. The van der Waals surface area contributed by atoms with Crippen molar-refractivity contribution in [2.45, 2.75) is 19.4 Å². The van der Waals surface area contributed by atoms with Crippen molar-refractivity contribution in [1.29, 1.82) is 0 Å². The van der Waals surface area contributed by atoms with Gasteiger partial charge >= 0.3 is 0 Å². The number of aliphatic hydroxyl groups is 1. The minimum atomic E-state index is 0.250. The van der Waals surface area contributed by atoms with Crippen LogP contribution >= 0.6 is 0 Å². The highest BCUT2D eigenvalue weighted by Crippen LogP contribution is 2.19. The van der Waals surface area contributed by atoms with Crippen molar-refractivity contribution in [2.24, 2.45) is 5.92 Å². The van der Waals surface area contributed by atoms with E-state index < -0.39 is 0 Å². The molecule has 1 aliphatic heterocycles. The first-order chi connectivity index (χ1) is 5.72. The van der Waals surface area contributed by atoms with Crippen molar-refractivity contribution in [2.75, 3.05) is 33.4 Å². The molecule has 1 N–H and O–H groups in total.